The molecule has 0 aliphatic carbocycles. The average Bonchev–Trinajstić information content (AvgIpc) is 3.19. The van der Waals surface area contributed by atoms with E-state index in [0.717, 1.165) is 71.9 Å². The van der Waals surface area contributed by atoms with Gasteiger partial charge in [-0.25, -0.2) is 4.79 Å². The Morgan fingerprint density at radius 3 is 1.34 bits per heavy atom. The van der Waals surface area contributed by atoms with Crippen LogP contribution in [0.3, 0.4) is 0 Å². The van der Waals surface area contributed by atoms with E-state index < -0.39 is 5.97 Å². The second kappa shape index (κ2) is 18.6. The van der Waals surface area contributed by atoms with Gasteiger partial charge in [-0.2, -0.15) is 0 Å². The van der Waals surface area contributed by atoms with Crippen molar-refractivity contribution in [3.05, 3.63) is 99.6 Å². The predicted octanol–water partition coefficient (Wildman–Crippen LogP) is 15.5. The van der Waals surface area contributed by atoms with Gasteiger partial charge in [0.05, 0.1) is 0 Å². The highest BCUT2D eigenvalue weighted by molar-refractivity contribution is 5.83. The summed E-state index contributed by atoms with van der Waals surface area (Å²) in [4.78, 5) is 13.0. The Bertz CT molecular complexity index is 1930. The fourth-order valence-electron chi connectivity index (χ4n) is 8.19. The van der Waals surface area contributed by atoms with Crippen LogP contribution in [0.15, 0.2) is 55.1 Å². The average molecular weight is 809 g/mol. The quantitative estimate of drug-likeness (QED) is 0.0678. The number of hydrogen-bond acceptors (Lipinski definition) is 4. The van der Waals surface area contributed by atoms with Gasteiger partial charge in [-0.05, 0) is 122 Å². The summed E-state index contributed by atoms with van der Waals surface area (Å²) in [7, 11) is 0. The molecule has 0 aliphatic heterocycles. The Hall–Kier alpha value is -3.53. The minimum Gasteiger partial charge on any atom is -0.507 e. The van der Waals surface area contributed by atoms with Gasteiger partial charge in [-0.3, -0.25) is 0 Å². The number of rotatable bonds is 20. The number of phenols is 2. The van der Waals surface area contributed by atoms with Crippen LogP contribution in [0.4, 0.5) is 0 Å². The van der Waals surface area contributed by atoms with Crippen LogP contribution in [0.2, 0.25) is 0 Å². The van der Waals surface area contributed by atoms with E-state index in [4.69, 9.17) is 4.74 Å². The Morgan fingerprint density at radius 1 is 0.576 bits per heavy atom. The molecular weight excluding hydrogens is 725 g/mol. The van der Waals surface area contributed by atoms with Crippen molar-refractivity contribution >= 4 is 5.97 Å². The smallest absolute Gasteiger partial charge is 0.335 e. The van der Waals surface area contributed by atoms with Gasteiger partial charge >= 0.3 is 5.97 Å². The Balaban J connectivity index is 2.47. The summed E-state index contributed by atoms with van der Waals surface area (Å²) in [6, 6.07) is 15.4. The van der Waals surface area contributed by atoms with Crippen molar-refractivity contribution in [1.29, 1.82) is 0 Å². The molecular formula is C55H84O4. The van der Waals surface area contributed by atoms with E-state index >= 15 is 0 Å². The third-order valence-electron chi connectivity index (χ3n) is 15.7. The molecule has 0 amide bonds. The SMILES string of the molecule is C=CC(=O)Oc1ccc(C(Cc2cc(C(C)(C)CC)cc(C(C)(C)CC)c2O)C(C)(C)CC)cc1C(Cc1cc(C(C)(C)CC)cc(C(C)(C)CC)c1O)C(C)(C)CC. The number of phenolic OH excluding ortho intramolecular Hbond substituents is 2. The lowest BCUT2D eigenvalue weighted by atomic mass is 9.66. The van der Waals surface area contributed by atoms with Crippen LogP contribution in [-0.2, 0) is 39.3 Å². The molecule has 4 nitrogen and oxygen atoms in total. The first-order valence-corrected chi connectivity index (χ1v) is 22.8. The lowest BCUT2D eigenvalue weighted by molar-refractivity contribution is -0.129. The predicted molar refractivity (Wildman–Crippen MR) is 253 cm³/mol. The molecule has 0 fully saturated rings. The molecule has 0 spiro atoms. The number of aromatic hydroxyl groups is 2. The summed E-state index contributed by atoms with van der Waals surface area (Å²) in [6.07, 6.45) is 8.02. The van der Waals surface area contributed by atoms with Gasteiger partial charge in [-0.15, -0.1) is 0 Å². The lowest BCUT2D eigenvalue weighted by Gasteiger charge is -2.39. The van der Waals surface area contributed by atoms with Gasteiger partial charge in [0, 0.05) is 17.2 Å². The van der Waals surface area contributed by atoms with E-state index in [-0.39, 0.29) is 44.3 Å². The van der Waals surface area contributed by atoms with E-state index in [1.54, 1.807) is 0 Å². The Labute approximate surface area is 361 Å². The number of carbonyl (C=O) groups is 1. The molecule has 3 aromatic carbocycles. The summed E-state index contributed by atoms with van der Waals surface area (Å²) >= 11 is 0. The number of hydrogen-bond donors (Lipinski definition) is 2. The van der Waals surface area contributed by atoms with Crippen molar-refractivity contribution in [3.8, 4) is 17.2 Å². The van der Waals surface area contributed by atoms with E-state index in [9.17, 15) is 15.0 Å². The molecule has 0 saturated carbocycles. The molecule has 0 saturated heterocycles. The fourth-order valence-corrected chi connectivity index (χ4v) is 8.19. The van der Waals surface area contributed by atoms with Crippen molar-refractivity contribution in [3.63, 3.8) is 0 Å². The largest absolute Gasteiger partial charge is 0.507 e. The number of ether oxygens (including phenoxy) is 1. The molecule has 2 atom stereocenters. The monoisotopic (exact) mass is 809 g/mol. The summed E-state index contributed by atoms with van der Waals surface area (Å²) in [5.74, 6) is 0.716. The van der Waals surface area contributed by atoms with E-state index in [1.165, 1.54) is 17.2 Å². The van der Waals surface area contributed by atoms with Gasteiger partial charge in [0.15, 0.2) is 0 Å². The third-order valence-corrected chi connectivity index (χ3v) is 15.7. The molecule has 2 N–H and O–H groups in total. The van der Waals surface area contributed by atoms with Crippen LogP contribution in [0.5, 0.6) is 17.2 Å². The minimum absolute atomic E-state index is 0.0308. The Kier molecular flexibility index (Phi) is 15.7. The zero-order valence-electron chi connectivity index (χ0n) is 40.8. The zero-order valence-corrected chi connectivity index (χ0v) is 40.8. The molecule has 0 heterocycles. The van der Waals surface area contributed by atoms with Crippen LogP contribution in [-0.4, -0.2) is 16.2 Å². The first kappa shape index (κ1) is 49.8. The molecule has 0 aromatic heterocycles. The van der Waals surface area contributed by atoms with Gasteiger partial charge in [-0.1, -0.05) is 180 Å². The molecule has 0 radical (unpaired) electrons. The van der Waals surface area contributed by atoms with Gasteiger partial charge in [0.2, 0.25) is 0 Å². The maximum atomic E-state index is 13.0. The molecule has 2 unspecified atom stereocenters. The van der Waals surface area contributed by atoms with Crippen LogP contribution < -0.4 is 4.74 Å². The summed E-state index contributed by atoms with van der Waals surface area (Å²) < 4.78 is 6.13. The van der Waals surface area contributed by atoms with Crippen LogP contribution in [0.1, 0.15) is 219 Å². The van der Waals surface area contributed by atoms with Crippen molar-refractivity contribution in [2.45, 2.75) is 209 Å². The highest BCUT2D eigenvalue weighted by Gasteiger charge is 2.38. The van der Waals surface area contributed by atoms with Crippen LogP contribution in [0.25, 0.3) is 0 Å². The molecule has 59 heavy (non-hydrogen) atoms. The van der Waals surface area contributed by atoms with Gasteiger partial charge in [0.25, 0.3) is 0 Å². The van der Waals surface area contributed by atoms with Gasteiger partial charge in [0.1, 0.15) is 17.2 Å². The molecule has 328 valence electrons. The van der Waals surface area contributed by atoms with Crippen molar-refractivity contribution < 1.29 is 19.7 Å². The fraction of sp³-hybridized carbons (Fsp3) is 0.618. The highest BCUT2D eigenvalue weighted by atomic mass is 16.5. The van der Waals surface area contributed by atoms with Crippen molar-refractivity contribution in [2.24, 2.45) is 10.8 Å². The molecule has 3 aromatic rings. The third kappa shape index (κ3) is 10.9. The second-order valence-corrected chi connectivity index (χ2v) is 21.6. The van der Waals surface area contributed by atoms with Crippen LogP contribution in [0, 0.1) is 10.8 Å². The molecule has 0 bridgehead atoms. The lowest BCUT2D eigenvalue weighted by Crippen LogP contribution is -2.27. The maximum absolute atomic E-state index is 13.0. The standard InChI is InChI=1S/C55H84O4/c1-20-47(56)59-46-28-27-36(42(52(12,13)23-4)32-37-29-39(50(8,9)21-2)34-44(48(37)57)54(16,17)25-6)31-41(46)43(53(14,15)24-5)33-38-30-40(51(10,11)22-3)35-45(49(38)58)55(18,19)26-7/h20,27-31,34-35,42-43,57-58H,1,21-26,32-33H2,2-19H3. The summed E-state index contributed by atoms with van der Waals surface area (Å²) in [5.41, 5.74) is 7.55. The van der Waals surface area contributed by atoms with Crippen molar-refractivity contribution in [2.75, 3.05) is 0 Å². The van der Waals surface area contributed by atoms with Crippen molar-refractivity contribution in [1.82, 2.24) is 0 Å². The summed E-state index contributed by atoms with van der Waals surface area (Å²) in [6.45, 7) is 44.4. The first-order chi connectivity index (χ1) is 27.1. The molecule has 4 heteroatoms. The highest BCUT2D eigenvalue weighted by Crippen LogP contribution is 2.51. The Morgan fingerprint density at radius 2 is 0.966 bits per heavy atom. The molecule has 0 aliphatic rings. The van der Waals surface area contributed by atoms with E-state index in [1.807, 2.05) is 6.07 Å². The van der Waals surface area contributed by atoms with Crippen LogP contribution >= 0.6 is 0 Å². The number of carbonyl (C=O) groups excluding carboxylic acids is 1. The number of esters is 1. The van der Waals surface area contributed by atoms with E-state index in [2.05, 4.69) is 168 Å². The summed E-state index contributed by atoms with van der Waals surface area (Å²) in [5, 5.41) is 24.4. The second-order valence-electron chi connectivity index (χ2n) is 21.6. The zero-order chi connectivity index (χ0) is 45.1. The minimum atomic E-state index is -0.495. The number of benzene rings is 3. The molecule has 3 rings (SSSR count). The van der Waals surface area contributed by atoms with Gasteiger partial charge < -0.3 is 14.9 Å². The van der Waals surface area contributed by atoms with E-state index in [0.29, 0.717) is 30.1 Å². The first-order valence-electron chi connectivity index (χ1n) is 22.8. The topological polar surface area (TPSA) is 66.8 Å². The normalized spacial score (nSPS) is 14.3. The maximum Gasteiger partial charge on any atom is 0.335 e.